The molecule has 0 spiro atoms. The summed E-state index contributed by atoms with van der Waals surface area (Å²) in [5.74, 6) is 1.31. The number of hydrogen-bond donors (Lipinski definition) is 1. The Morgan fingerprint density at radius 2 is 2.17 bits per heavy atom. The number of nitrogens with one attached hydrogen (secondary N) is 1. The highest BCUT2D eigenvalue weighted by Crippen LogP contribution is 2.33. The van der Waals surface area contributed by atoms with Crippen LogP contribution in [0.2, 0.25) is 0 Å². The lowest BCUT2D eigenvalue weighted by Gasteiger charge is -2.18. The van der Waals surface area contributed by atoms with Gasteiger partial charge in [0.25, 0.3) is 0 Å². The number of pyridine rings is 1. The molecule has 1 aromatic carbocycles. The molecule has 1 fully saturated rings. The van der Waals surface area contributed by atoms with Gasteiger partial charge in [-0.25, -0.2) is 9.37 Å². The van der Waals surface area contributed by atoms with Crippen molar-refractivity contribution in [3.05, 3.63) is 54.0 Å². The van der Waals surface area contributed by atoms with E-state index in [1.165, 1.54) is 25.0 Å². The maximum absolute atomic E-state index is 13.3. The minimum Gasteiger partial charge on any atom is -0.439 e. The van der Waals surface area contributed by atoms with Crippen molar-refractivity contribution < 1.29 is 13.9 Å². The first kappa shape index (κ1) is 15.9. The van der Waals surface area contributed by atoms with Gasteiger partial charge in [0.1, 0.15) is 11.6 Å². The standard InChI is InChI=1S/C18H21FN2O2/c1-22-12-17(13-7-8-13)21-11-14-4-3-9-20-18(14)23-16-6-2-5-15(19)10-16/h2-6,9-10,13,17,21H,7-8,11-12H2,1H3. The van der Waals surface area contributed by atoms with Crippen molar-refractivity contribution in [2.45, 2.75) is 25.4 Å². The van der Waals surface area contributed by atoms with Gasteiger partial charge >= 0.3 is 0 Å². The van der Waals surface area contributed by atoms with E-state index < -0.39 is 0 Å². The summed E-state index contributed by atoms with van der Waals surface area (Å²) in [6.45, 7) is 1.34. The van der Waals surface area contributed by atoms with Gasteiger partial charge in [-0.2, -0.15) is 0 Å². The average Bonchev–Trinajstić information content (AvgIpc) is 3.37. The van der Waals surface area contributed by atoms with Gasteiger partial charge in [0.15, 0.2) is 0 Å². The summed E-state index contributed by atoms with van der Waals surface area (Å²) in [7, 11) is 1.72. The molecule has 1 saturated carbocycles. The summed E-state index contributed by atoms with van der Waals surface area (Å²) in [4.78, 5) is 4.27. The summed E-state index contributed by atoms with van der Waals surface area (Å²) >= 11 is 0. The average molecular weight is 316 g/mol. The van der Waals surface area contributed by atoms with E-state index in [1.807, 2.05) is 12.1 Å². The third-order valence-electron chi connectivity index (χ3n) is 3.95. The van der Waals surface area contributed by atoms with Gasteiger partial charge in [0.05, 0.1) is 6.61 Å². The van der Waals surface area contributed by atoms with Crippen molar-refractivity contribution in [2.24, 2.45) is 5.92 Å². The highest BCUT2D eigenvalue weighted by atomic mass is 19.1. The molecule has 2 aromatic rings. The highest BCUT2D eigenvalue weighted by molar-refractivity contribution is 5.32. The van der Waals surface area contributed by atoms with Crippen LogP contribution in [0.1, 0.15) is 18.4 Å². The molecule has 0 bridgehead atoms. The van der Waals surface area contributed by atoms with Gasteiger partial charge in [-0.15, -0.1) is 0 Å². The number of halogens is 1. The van der Waals surface area contributed by atoms with Crippen LogP contribution in [0.25, 0.3) is 0 Å². The Hall–Kier alpha value is -1.98. The van der Waals surface area contributed by atoms with Crippen molar-refractivity contribution in [2.75, 3.05) is 13.7 Å². The smallest absolute Gasteiger partial charge is 0.223 e. The largest absolute Gasteiger partial charge is 0.439 e. The van der Waals surface area contributed by atoms with Crippen molar-refractivity contribution in [3.63, 3.8) is 0 Å². The molecule has 0 amide bonds. The van der Waals surface area contributed by atoms with Crippen LogP contribution in [0, 0.1) is 11.7 Å². The van der Waals surface area contributed by atoms with E-state index in [4.69, 9.17) is 9.47 Å². The van der Waals surface area contributed by atoms with E-state index in [0.29, 0.717) is 36.7 Å². The Bertz CT molecular complexity index is 646. The van der Waals surface area contributed by atoms with Crippen molar-refractivity contribution in [1.29, 1.82) is 0 Å². The molecule has 5 heteroatoms. The van der Waals surface area contributed by atoms with E-state index in [1.54, 1.807) is 25.4 Å². The SMILES string of the molecule is COCC(NCc1cccnc1Oc1cccc(F)c1)C1CC1. The Labute approximate surface area is 135 Å². The molecule has 0 aliphatic heterocycles. The monoisotopic (exact) mass is 316 g/mol. The van der Waals surface area contributed by atoms with E-state index in [0.717, 1.165) is 5.56 Å². The van der Waals surface area contributed by atoms with Crippen molar-refractivity contribution >= 4 is 0 Å². The zero-order valence-corrected chi connectivity index (χ0v) is 13.2. The molecule has 3 rings (SSSR count). The third-order valence-corrected chi connectivity index (χ3v) is 3.95. The maximum Gasteiger partial charge on any atom is 0.223 e. The molecule has 1 aliphatic carbocycles. The van der Waals surface area contributed by atoms with E-state index in [2.05, 4.69) is 10.3 Å². The first-order chi connectivity index (χ1) is 11.3. The number of rotatable bonds is 8. The Morgan fingerprint density at radius 1 is 1.30 bits per heavy atom. The predicted octanol–water partition coefficient (Wildman–Crippen LogP) is 3.53. The number of hydrogen-bond acceptors (Lipinski definition) is 4. The summed E-state index contributed by atoms with van der Waals surface area (Å²) in [6.07, 6.45) is 4.17. The van der Waals surface area contributed by atoms with Gasteiger partial charge in [0.2, 0.25) is 5.88 Å². The van der Waals surface area contributed by atoms with Crippen LogP contribution in [0.15, 0.2) is 42.6 Å². The lowest BCUT2D eigenvalue weighted by Crippen LogP contribution is -2.34. The lowest BCUT2D eigenvalue weighted by molar-refractivity contribution is 0.157. The first-order valence-corrected chi connectivity index (χ1v) is 7.86. The second-order valence-corrected chi connectivity index (χ2v) is 5.81. The topological polar surface area (TPSA) is 43.4 Å². The second-order valence-electron chi connectivity index (χ2n) is 5.81. The minimum absolute atomic E-state index is 0.327. The van der Waals surface area contributed by atoms with Gasteiger partial charge in [-0.05, 0) is 37.0 Å². The fourth-order valence-corrected chi connectivity index (χ4v) is 2.57. The Morgan fingerprint density at radius 3 is 2.91 bits per heavy atom. The van der Waals surface area contributed by atoms with Crippen molar-refractivity contribution in [3.8, 4) is 11.6 Å². The fraction of sp³-hybridized carbons (Fsp3) is 0.389. The van der Waals surface area contributed by atoms with Crippen LogP contribution in [0.3, 0.4) is 0 Å². The number of ether oxygens (including phenoxy) is 2. The van der Waals surface area contributed by atoms with Crippen LogP contribution in [0.4, 0.5) is 4.39 Å². The van der Waals surface area contributed by atoms with Gasteiger partial charge in [0, 0.05) is 37.5 Å². The lowest BCUT2D eigenvalue weighted by atomic mass is 10.2. The van der Waals surface area contributed by atoms with Crippen LogP contribution < -0.4 is 10.1 Å². The van der Waals surface area contributed by atoms with Gasteiger partial charge < -0.3 is 14.8 Å². The molecular weight excluding hydrogens is 295 g/mol. The molecule has 1 aromatic heterocycles. The zero-order valence-electron chi connectivity index (χ0n) is 13.2. The van der Waals surface area contributed by atoms with Crippen LogP contribution in [-0.2, 0) is 11.3 Å². The third kappa shape index (κ3) is 4.50. The van der Waals surface area contributed by atoms with Crippen LogP contribution in [-0.4, -0.2) is 24.7 Å². The molecule has 4 nitrogen and oxygen atoms in total. The summed E-state index contributed by atoms with van der Waals surface area (Å²) < 4.78 is 24.3. The van der Waals surface area contributed by atoms with Crippen LogP contribution >= 0.6 is 0 Å². The quantitative estimate of drug-likeness (QED) is 0.809. The molecule has 1 unspecified atom stereocenters. The predicted molar refractivity (Wildman–Crippen MR) is 85.9 cm³/mol. The van der Waals surface area contributed by atoms with Gasteiger partial charge in [-0.3, -0.25) is 0 Å². The first-order valence-electron chi connectivity index (χ1n) is 7.86. The number of benzene rings is 1. The highest BCUT2D eigenvalue weighted by Gasteiger charge is 2.30. The molecular formula is C18H21FN2O2. The fourth-order valence-electron chi connectivity index (χ4n) is 2.57. The number of methoxy groups -OCH3 is 1. The Balaban J connectivity index is 1.67. The molecule has 0 radical (unpaired) electrons. The molecule has 0 saturated heterocycles. The molecule has 122 valence electrons. The van der Waals surface area contributed by atoms with Gasteiger partial charge in [-0.1, -0.05) is 12.1 Å². The van der Waals surface area contributed by atoms with E-state index in [-0.39, 0.29) is 5.82 Å². The molecule has 1 atom stereocenters. The normalized spacial score (nSPS) is 15.4. The summed E-state index contributed by atoms with van der Waals surface area (Å²) in [5.41, 5.74) is 0.943. The Kier molecular flexibility index (Phi) is 5.20. The molecule has 1 N–H and O–H groups in total. The van der Waals surface area contributed by atoms with E-state index in [9.17, 15) is 4.39 Å². The zero-order chi connectivity index (χ0) is 16.1. The molecule has 1 heterocycles. The summed E-state index contributed by atoms with van der Waals surface area (Å²) in [6, 6.07) is 10.3. The van der Waals surface area contributed by atoms with Crippen molar-refractivity contribution in [1.82, 2.24) is 10.3 Å². The summed E-state index contributed by atoms with van der Waals surface area (Å²) in [5, 5.41) is 3.52. The van der Waals surface area contributed by atoms with E-state index >= 15 is 0 Å². The van der Waals surface area contributed by atoms with Crippen LogP contribution in [0.5, 0.6) is 11.6 Å². The maximum atomic E-state index is 13.3. The molecule has 1 aliphatic rings. The second kappa shape index (κ2) is 7.53. The molecule has 23 heavy (non-hydrogen) atoms. The number of aromatic nitrogens is 1. The number of nitrogens with zero attached hydrogens (tertiary/aromatic N) is 1. The minimum atomic E-state index is -0.327.